The van der Waals surface area contributed by atoms with Gasteiger partial charge in [-0.3, -0.25) is 14.0 Å². The molecule has 0 aliphatic heterocycles. The van der Waals surface area contributed by atoms with Crippen LogP contribution in [0.5, 0.6) is 5.75 Å². The van der Waals surface area contributed by atoms with Crippen molar-refractivity contribution in [2.75, 3.05) is 17.7 Å². The second-order valence-electron chi connectivity index (χ2n) is 5.94. The predicted molar refractivity (Wildman–Crippen MR) is 109 cm³/mol. The fraction of sp³-hybridized carbons (Fsp3) is 0.250. The van der Waals surface area contributed by atoms with Crippen LogP contribution in [0.4, 0.5) is 5.69 Å². The smallest absolute Gasteiger partial charge is 0.258 e. The SMILES string of the molecule is CCOc1ccccc1NC(=O)CSCc1cc(=O)n2cccc(C)c2n1. The molecule has 1 N–H and O–H groups in total. The Hall–Kier alpha value is -2.80. The molecule has 0 saturated heterocycles. The molecule has 0 fully saturated rings. The number of nitrogens with zero attached hydrogens (tertiary/aromatic N) is 2. The van der Waals surface area contributed by atoms with E-state index in [0.717, 1.165) is 5.56 Å². The Kier molecular flexibility index (Phi) is 6.13. The molecule has 3 rings (SSSR count). The molecule has 1 amide bonds. The van der Waals surface area contributed by atoms with Gasteiger partial charge in [-0.15, -0.1) is 11.8 Å². The summed E-state index contributed by atoms with van der Waals surface area (Å²) >= 11 is 1.41. The van der Waals surface area contributed by atoms with Gasteiger partial charge in [-0.05, 0) is 37.6 Å². The number of carbonyl (C=O) groups excluding carboxylic acids is 1. The maximum absolute atomic E-state index is 12.2. The van der Waals surface area contributed by atoms with Gasteiger partial charge in [0.15, 0.2) is 0 Å². The molecule has 27 heavy (non-hydrogen) atoms. The van der Waals surface area contributed by atoms with Gasteiger partial charge >= 0.3 is 0 Å². The van der Waals surface area contributed by atoms with Crippen LogP contribution in [0.1, 0.15) is 18.2 Å². The highest BCUT2D eigenvalue weighted by molar-refractivity contribution is 7.99. The molecule has 2 aromatic heterocycles. The highest BCUT2D eigenvalue weighted by Crippen LogP contribution is 2.24. The van der Waals surface area contributed by atoms with Gasteiger partial charge < -0.3 is 10.1 Å². The zero-order valence-electron chi connectivity index (χ0n) is 15.3. The minimum Gasteiger partial charge on any atom is -0.492 e. The summed E-state index contributed by atoms with van der Waals surface area (Å²) in [4.78, 5) is 29.0. The number of nitrogens with one attached hydrogen (secondary N) is 1. The largest absolute Gasteiger partial charge is 0.492 e. The predicted octanol–water partition coefficient (Wildman–Crippen LogP) is 3.27. The van der Waals surface area contributed by atoms with Crippen LogP contribution in [0.3, 0.4) is 0 Å². The van der Waals surface area contributed by atoms with E-state index in [2.05, 4.69) is 10.3 Å². The van der Waals surface area contributed by atoms with Crippen LogP contribution in [0.2, 0.25) is 0 Å². The summed E-state index contributed by atoms with van der Waals surface area (Å²) in [6, 6.07) is 12.6. The Labute approximate surface area is 161 Å². The van der Waals surface area contributed by atoms with Crippen molar-refractivity contribution in [2.45, 2.75) is 19.6 Å². The van der Waals surface area contributed by atoms with Gasteiger partial charge in [0.05, 0.1) is 23.7 Å². The van der Waals surface area contributed by atoms with Crippen molar-refractivity contribution in [2.24, 2.45) is 0 Å². The number of rotatable bonds is 7. The van der Waals surface area contributed by atoms with E-state index in [4.69, 9.17) is 4.74 Å². The number of amides is 1. The van der Waals surface area contributed by atoms with Gasteiger partial charge in [0.25, 0.3) is 5.56 Å². The van der Waals surface area contributed by atoms with Crippen molar-refractivity contribution in [3.63, 3.8) is 0 Å². The second kappa shape index (κ2) is 8.73. The average Bonchev–Trinajstić information content (AvgIpc) is 2.64. The lowest BCUT2D eigenvalue weighted by Crippen LogP contribution is -2.17. The van der Waals surface area contributed by atoms with E-state index >= 15 is 0 Å². The summed E-state index contributed by atoms with van der Waals surface area (Å²) < 4.78 is 7.04. The van der Waals surface area contributed by atoms with Crippen LogP contribution >= 0.6 is 11.8 Å². The Morgan fingerprint density at radius 3 is 2.89 bits per heavy atom. The highest BCUT2D eigenvalue weighted by Gasteiger charge is 2.09. The van der Waals surface area contributed by atoms with E-state index in [9.17, 15) is 9.59 Å². The van der Waals surface area contributed by atoms with Gasteiger partial charge in [0.1, 0.15) is 11.4 Å². The Morgan fingerprint density at radius 2 is 2.07 bits per heavy atom. The van der Waals surface area contributed by atoms with Crippen molar-refractivity contribution >= 4 is 29.0 Å². The lowest BCUT2D eigenvalue weighted by Gasteiger charge is -2.11. The molecule has 0 spiro atoms. The van der Waals surface area contributed by atoms with Gasteiger partial charge in [-0.1, -0.05) is 18.2 Å². The zero-order chi connectivity index (χ0) is 19.2. The quantitative estimate of drug-likeness (QED) is 0.678. The minimum atomic E-state index is -0.124. The van der Waals surface area contributed by atoms with E-state index in [1.165, 1.54) is 22.2 Å². The minimum absolute atomic E-state index is 0.116. The van der Waals surface area contributed by atoms with E-state index < -0.39 is 0 Å². The van der Waals surface area contributed by atoms with Crippen LogP contribution < -0.4 is 15.6 Å². The van der Waals surface area contributed by atoms with Crippen molar-refractivity contribution in [3.8, 4) is 5.75 Å². The summed E-state index contributed by atoms with van der Waals surface area (Å²) in [5.74, 6) is 1.27. The summed E-state index contributed by atoms with van der Waals surface area (Å²) in [7, 11) is 0. The maximum atomic E-state index is 12.2. The standard InChI is InChI=1S/C20H21N3O3S/c1-3-26-17-9-5-4-8-16(17)22-18(24)13-27-12-15-11-19(25)23-10-6-7-14(2)20(23)21-15/h4-11H,3,12-13H2,1-2H3,(H,22,24). The molecule has 0 aliphatic carbocycles. The molecular weight excluding hydrogens is 362 g/mol. The molecule has 3 aromatic rings. The molecule has 0 saturated carbocycles. The molecule has 2 heterocycles. The fourth-order valence-electron chi connectivity index (χ4n) is 2.67. The number of para-hydroxylation sites is 2. The number of benzene rings is 1. The van der Waals surface area contributed by atoms with Gasteiger partial charge in [0, 0.05) is 18.0 Å². The van der Waals surface area contributed by atoms with E-state index in [1.54, 1.807) is 6.20 Å². The molecule has 6 nitrogen and oxygen atoms in total. The average molecular weight is 383 g/mol. The number of ether oxygens (including phenoxy) is 1. The molecule has 0 aliphatic rings. The normalized spacial score (nSPS) is 10.7. The first-order valence-electron chi connectivity index (χ1n) is 8.66. The summed E-state index contributed by atoms with van der Waals surface area (Å²) in [6.45, 7) is 4.35. The molecule has 0 bridgehead atoms. The van der Waals surface area contributed by atoms with E-state index in [1.807, 2.05) is 50.2 Å². The molecule has 0 radical (unpaired) electrons. The van der Waals surface area contributed by atoms with Crippen molar-refractivity contribution < 1.29 is 9.53 Å². The third-order valence-electron chi connectivity index (χ3n) is 3.88. The number of fused-ring (bicyclic) bond motifs is 1. The van der Waals surface area contributed by atoms with Crippen LogP contribution in [-0.4, -0.2) is 27.7 Å². The highest BCUT2D eigenvalue weighted by atomic mass is 32.2. The Bertz CT molecular complexity index is 1020. The molecule has 1 aromatic carbocycles. The summed E-state index contributed by atoms with van der Waals surface area (Å²) in [5.41, 5.74) is 2.79. The molecular formula is C20H21N3O3S. The van der Waals surface area contributed by atoms with E-state index in [0.29, 0.717) is 35.1 Å². The lowest BCUT2D eigenvalue weighted by molar-refractivity contribution is -0.113. The van der Waals surface area contributed by atoms with E-state index in [-0.39, 0.29) is 17.2 Å². The van der Waals surface area contributed by atoms with Crippen molar-refractivity contribution in [1.82, 2.24) is 9.38 Å². The third-order valence-corrected chi connectivity index (χ3v) is 4.85. The van der Waals surface area contributed by atoms with Gasteiger partial charge in [0.2, 0.25) is 5.91 Å². The van der Waals surface area contributed by atoms with Gasteiger partial charge in [-0.2, -0.15) is 0 Å². The fourth-order valence-corrected chi connectivity index (χ4v) is 3.39. The topological polar surface area (TPSA) is 72.7 Å². The number of hydrogen-bond donors (Lipinski definition) is 1. The van der Waals surface area contributed by atoms with Crippen LogP contribution in [-0.2, 0) is 10.5 Å². The lowest BCUT2D eigenvalue weighted by atomic mass is 10.3. The third kappa shape index (κ3) is 4.68. The first-order chi connectivity index (χ1) is 13.1. The number of aryl methyl sites for hydroxylation is 1. The van der Waals surface area contributed by atoms with Crippen LogP contribution in [0.25, 0.3) is 5.65 Å². The summed E-state index contributed by atoms with van der Waals surface area (Å²) in [6.07, 6.45) is 1.71. The monoisotopic (exact) mass is 383 g/mol. The van der Waals surface area contributed by atoms with Crippen LogP contribution in [0.15, 0.2) is 53.5 Å². The first-order valence-corrected chi connectivity index (χ1v) is 9.81. The maximum Gasteiger partial charge on any atom is 0.258 e. The first kappa shape index (κ1) is 19.0. The molecule has 7 heteroatoms. The number of thioether (sulfide) groups is 1. The number of anilines is 1. The van der Waals surface area contributed by atoms with Gasteiger partial charge in [-0.25, -0.2) is 4.98 Å². The second-order valence-corrected chi connectivity index (χ2v) is 6.93. The molecule has 0 atom stereocenters. The van der Waals surface area contributed by atoms with Crippen LogP contribution in [0, 0.1) is 6.92 Å². The number of aromatic nitrogens is 2. The molecule has 0 unspecified atom stereocenters. The molecule has 140 valence electrons. The zero-order valence-corrected chi connectivity index (χ0v) is 16.1. The Balaban J connectivity index is 1.62. The van der Waals surface area contributed by atoms with Crippen molar-refractivity contribution in [3.05, 3.63) is 70.3 Å². The van der Waals surface area contributed by atoms with Crippen molar-refractivity contribution in [1.29, 1.82) is 0 Å². The number of carbonyl (C=O) groups is 1. The number of hydrogen-bond acceptors (Lipinski definition) is 5. The number of pyridine rings is 1. The Morgan fingerprint density at radius 1 is 1.26 bits per heavy atom. The summed E-state index contributed by atoms with van der Waals surface area (Å²) in [5, 5.41) is 2.86.